The molecule has 0 saturated carbocycles. The number of hydrogen-bond acceptors (Lipinski definition) is 3. The molecule has 0 bridgehead atoms. The quantitative estimate of drug-likeness (QED) is 0.847. The third-order valence-electron chi connectivity index (χ3n) is 2.66. The van der Waals surface area contributed by atoms with Gasteiger partial charge in [0.25, 0.3) is 0 Å². The lowest BCUT2D eigenvalue weighted by Gasteiger charge is -2.24. The second kappa shape index (κ2) is 6.77. The summed E-state index contributed by atoms with van der Waals surface area (Å²) in [6.45, 7) is 7.56. The Kier molecular flexibility index (Phi) is 5.65. The Morgan fingerprint density at radius 1 is 1.53 bits per heavy atom. The van der Waals surface area contributed by atoms with Gasteiger partial charge in [0.15, 0.2) is 0 Å². The number of hydrogen-bond donors (Lipinski definition) is 1. The molecular weight excluding hydrogens is 232 g/mol. The van der Waals surface area contributed by atoms with Crippen molar-refractivity contribution in [3.05, 3.63) is 22.4 Å². The molecule has 0 spiro atoms. The highest BCUT2D eigenvalue weighted by molar-refractivity contribution is 7.09. The summed E-state index contributed by atoms with van der Waals surface area (Å²) < 4.78 is 0. The van der Waals surface area contributed by atoms with E-state index in [-0.39, 0.29) is 11.9 Å². The van der Waals surface area contributed by atoms with Gasteiger partial charge in [-0.3, -0.25) is 4.79 Å². The van der Waals surface area contributed by atoms with Crippen molar-refractivity contribution in [2.75, 3.05) is 6.54 Å². The van der Waals surface area contributed by atoms with E-state index in [0.29, 0.717) is 19.0 Å². The van der Waals surface area contributed by atoms with E-state index in [4.69, 9.17) is 5.73 Å². The van der Waals surface area contributed by atoms with Crippen molar-refractivity contribution < 1.29 is 4.79 Å². The molecule has 1 aromatic heterocycles. The molecule has 1 rings (SSSR count). The van der Waals surface area contributed by atoms with Gasteiger partial charge in [0, 0.05) is 11.4 Å². The van der Waals surface area contributed by atoms with Crippen molar-refractivity contribution in [3.8, 4) is 0 Å². The van der Waals surface area contributed by atoms with Crippen LogP contribution in [0.15, 0.2) is 17.5 Å². The second-order valence-corrected chi connectivity index (χ2v) is 5.70. The van der Waals surface area contributed by atoms with Crippen molar-refractivity contribution in [2.24, 2.45) is 11.7 Å². The second-order valence-electron chi connectivity index (χ2n) is 4.67. The van der Waals surface area contributed by atoms with Crippen molar-refractivity contribution in [2.45, 2.75) is 39.8 Å². The maximum Gasteiger partial charge on any atom is 0.239 e. The minimum atomic E-state index is -0.366. The predicted molar refractivity (Wildman–Crippen MR) is 72.8 cm³/mol. The fraction of sp³-hybridized carbons (Fsp3) is 0.615. The van der Waals surface area contributed by atoms with Gasteiger partial charge in [-0.2, -0.15) is 0 Å². The summed E-state index contributed by atoms with van der Waals surface area (Å²) in [4.78, 5) is 15.2. The van der Waals surface area contributed by atoms with Crippen LogP contribution in [0.1, 0.15) is 32.1 Å². The maximum absolute atomic E-state index is 12.1. The van der Waals surface area contributed by atoms with Crippen molar-refractivity contribution >= 4 is 17.2 Å². The zero-order valence-electron chi connectivity index (χ0n) is 10.8. The molecule has 0 unspecified atom stereocenters. The van der Waals surface area contributed by atoms with Gasteiger partial charge in [-0.1, -0.05) is 19.9 Å². The van der Waals surface area contributed by atoms with Gasteiger partial charge in [0.05, 0.1) is 12.6 Å². The molecule has 17 heavy (non-hydrogen) atoms. The fourth-order valence-corrected chi connectivity index (χ4v) is 2.50. The molecule has 0 aliphatic rings. The van der Waals surface area contributed by atoms with Crippen molar-refractivity contribution in [3.63, 3.8) is 0 Å². The number of nitrogens with two attached hydrogens (primary N) is 1. The number of thiophene rings is 1. The molecule has 0 radical (unpaired) electrons. The molecule has 0 saturated heterocycles. The Morgan fingerprint density at radius 2 is 2.24 bits per heavy atom. The summed E-state index contributed by atoms with van der Waals surface area (Å²) in [5.41, 5.74) is 5.94. The Labute approximate surface area is 108 Å². The zero-order chi connectivity index (χ0) is 12.8. The smallest absolute Gasteiger partial charge is 0.239 e. The highest BCUT2D eigenvalue weighted by Gasteiger charge is 2.20. The van der Waals surface area contributed by atoms with Crippen LogP contribution in [0.25, 0.3) is 0 Å². The molecule has 0 aromatic carbocycles. The first-order valence-electron chi connectivity index (χ1n) is 6.11. The van der Waals surface area contributed by atoms with E-state index in [1.165, 1.54) is 4.88 Å². The summed E-state index contributed by atoms with van der Waals surface area (Å²) in [6.07, 6.45) is 0.750. The summed E-state index contributed by atoms with van der Waals surface area (Å²) in [5.74, 6) is 0.518. The number of rotatable bonds is 6. The van der Waals surface area contributed by atoms with E-state index in [2.05, 4.69) is 19.9 Å². The van der Waals surface area contributed by atoms with Gasteiger partial charge in [-0.25, -0.2) is 0 Å². The average Bonchev–Trinajstić information content (AvgIpc) is 2.76. The Morgan fingerprint density at radius 3 is 2.71 bits per heavy atom. The predicted octanol–water partition coefficient (Wildman–Crippen LogP) is 2.47. The molecule has 96 valence electrons. The summed E-state index contributed by atoms with van der Waals surface area (Å²) in [6, 6.07) is 3.69. The van der Waals surface area contributed by atoms with Crippen LogP contribution in [0.5, 0.6) is 0 Å². The third-order valence-corrected chi connectivity index (χ3v) is 3.52. The lowest BCUT2D eigenvalue weighted by atomic mass is 10.0. The van der Waals surface area contributed by atoms with E-state index in [0.717, 1.165) is 6.42 Å². The van der Waals surface area contributed by atoms with Gasteiger partial charge >= 0.3 is 0 Å². The van der Waals surface area contributed by atoms with Gasteiger partial charge in [-0.05, 0) is 30.7 Å². The van der Waals surface area contributed by atoms with Crippen LogP contribution in [0, 0.1) is 5.92 Å². The first-order chi connectivity index (χ1) is 8.04. The number of nitrogens with zero attached hydrogens (tertiary/aromatic N) is 1. The normalized spacial score (nSPS) is 12.8. The maximum atomic E-state index is 12.1. The first-order valence-corrected chi connectivity index (χ1v) is 6.99. The van der Waals surface area contributed by atoms with Gasteiger partial charge in [-0.15, -0.1) is 11.3 Å². The number of amides is 1. The number of carbonyl (C=O) groups excluding carboxylic acids is 1. The van der Waals surface area contributed by atoms with E-state index in [1.54, 1.807) is 11.3 Å². The van der Waals surface area contributed by atoms with Crippen LogP contribution in [-0.2, 0) is 11.3 Å². The summed E-state index contributed by atoms with van der Waals surface area (Å²) in [7, 11) is 0. The van der Waals surface area contributed by atoms with Crippen LogP contribution in [0.2, 0.25) is 0 Å². The molecule has 3 nitrogen and oxygen atoms in total. The Hall–Kier alpha value is -0.870. The topological polar surface area (TPSA) is 46.3 Å². The number of carbonyl (C=O) groups is 1. The van der Waals surface area contributed by atoms with E-state index >= 15 is 0 Å². The molecule has 0 fully saturated rings. The van der Waals surface area contributed by atoms with Crippen molar-refractivity contribution in [1.29, 1.82) is 0 Å². The Bertz CT molecular complexity index is 335. The minimum Gasteiger partial charge on any atom is -0.336 e. The molecule has 4 heteroatoms. The minimum absolute atomic E-state index is 0.0644. The van der Waals surface area contributed by atoms with Crippen LogP contribution in [0.3, 0.4) is 0 Å². The zero-order valence-corrected chi connectivity index (χ0v) is 11.7. The summed E-state index contributed by atoms with van der Waals surface area (Å²) >= 11 is 1.67. The molecule has 1 amide bonds. The highest BCUT2D eigenvalue weighted by Crippen LogP contribution is 2.13. The van der Waals surface area contributed by atoms with Crippen LogP contribution in [-0.4, -0.2) is 23.4 Å². The van der Waals surface area contributed by atoms with E-state index in [1.807, 2.05) is 23.3 Å². The molecule has 1 aromatic rings. The first kappa shape index (κ1) is 14.2. The van der Waals surface area contributed by atoms with Gasteiger partial charge in [0.1, 0.15) is 0 Å². The summed E-state index contributed by atoms with van der Waals surface area (Å²) in [5, 5.41) is 2.03. The molecule has 1 atom stereocenters. The number of likely N-dealkylation sites (N-methyl/N-ethyl adjacent to an activating group) is 1. The monoisotopic (exact) mass is 254 g/mol. The van der Waals surface area contributed by atoms with E-state index < -0.39 is 0 Å². The van der Waals surface area contributed by atoms with Crippen molar-refractivity contribution in [1.82, 2.24) is 4.90 Å². The largest absolute Gasteiger partial charge is 0.336 e. The standard InChI is InChI=1S/C13H22N2OS/c1-4-15(9-11-6-5-7-17-11)13(16)12(14)8-10(2)3/h5-7,10,12H,4,8-9,14H2,1-3H3/t12-/m0/s1. The highest BCUT2D eigenvalue weighted by atomic mass is 32.1. The molecule has 0 aliphatic heterocycles. The SMILES string of the molecule is CCN(Cc1cccs1)C(=O)[C@@H](N)CC(C)C. The molecule has 1 heterocycles. The van der Waals surface area contributed by atoms with Crippen LogP contribution >= 0.6 is 11.3 Å². The van der Waals surface area contributed by atoms with Crippen LogP contribution in [0.4, 0.5) is 0 Å². The lowest BCUT2D eigenvalue weighted by Crippen LogP contribution is -2.43. The third kappa shape index (κ3) is 4.48. The fourth-order valence-electron chi connectivity index (χ4n) is 1.78. The van der Waals surface area contributed by atoms with Gasteiger partial charge in [0.2, 0.25) is 5.91 Å². The average molecular weight is 254 g/mol. The molecule has 2 N–H and O–H groups in total. The van der Waals surface area contributed by atoms with E-state index in [9.17, 15) is 4.79 Å². The van der Waals surface area contributed by atoms with Crippen LogP contribution < -0.4 is 5.73 Å². The van der Waals surface area contributed by atoms with Gasteiger partial charge < -0.3 is 10.6 Å². The lowest BCUT2D eigenvalue weighted by molar-refractivity contribution is -0.133. The molecule has 0 aliphatic carbocycles. The molecular formula is C13H22N2OS. The Balaban J connectivity index is 2.57.